The molecule has 1 heterocycles. The fourth-order valence-corrected chi connectivity index (χ4v) is 8.42. The minimum Gasteiger partial charge on any atom is -0.394 e. The first kappa shape index (κ1) is 67.6. The fourth-order valence-electron chi connectivity index (χ4n) is 8.42. The zero-order chi connectivity index (χ0) is 52.9. The van der Waals surface area contributed by atoms with Crippen LogP contribution in [-0.2, 0) is 14.3 Å². The Labute approximate surface area is 446 Å². The Morgan fingerprint density at radius 3 is 1.32 bits per heavy atom. The third-order valence-electron chi connectivity index (χ3n) is 13.0. The lowest BCUT2D eigenvalue weighted by molar-refractivity contribution is -0.302. The molecule has 6 N–H and O–H groups in total. The topological polar surface area (TPSA) is 149 Å². The third kappa shape index (κ3) is 41.5. The number of amides is 1. The molecular formula is C64H107NO8. The van der Waals surface area contributed by atoms with Crippen molar-refractivity contribution in [1.29, 1.82) is 0 Å². The fraction of sp³-hybridized carbons (Fsp3) is 0.672. The predicted octanol–water partition coefficient (Wildman–Crippen LogP) is 14.7. The average Bonchev–Trinajstić information content (AvgIpc) is 3.39. The summed E-state index contributed by atoms with van der Waals surface area (Å²) in [6.07, 6.45) is 71.4. The molecule has 0 aromatic rings. The van der Waals surface area contributed by atoms with Gasteiger partial charge in [-0.25, -0.2) is 0 Å². The van der Waals surface area contributed by atoms with Crippen molar-refractivity contribution in [2.45, 2.75) is 262 Å². The first-order valence-electron chi connectivity index (χ1n) is 29.3. The van der Waals surface area contributed by atoms with Gasteiger partial charge in [-0.3, -0.25) is 4.79 Å². The van der Waals surface area contributed by atoms with Crippen LogP contribution in [0, 0.1) is 0 Å². The molecule has 0 saturated carbocycles. The largest absolute Gasteiger partial charge is 0.394 e. The molecule has 9 heteroatoms. The summed E-state index contributed by atoms with van der Waals surface area (Å²) < 4.78 is 11.2. The van der Waals surface area contributed by atoms with Crippen molar-refractivity contribution in [3.63, 3.8) is 0 Å². The van der Waals surface area contributed by atoms with Crippen molar-refractivity contribution in [3.8, 4) is 0 Å². The van der Waals surface area contributed by atoms with Crippen LogP contribution in [0.15, 0.2) is 122 Å². The highest BCUT2D eigenvalue weighted by Gasteiger charge is 2.44. The Hall–Kier alpha value is -3.41. The summed E-state index contributed by atoms with van der Waals surface area (Å²) >= 11 is 0. The summed E-state index contributed by atoms with van der Waals surface area (Å²) in [6, 6.07) is -0.827. The molecule has 73 heavy (non-hydrogen) atoms. The Kier molecular flexibility index (Phi) is 48.2. The van der Waals surface area contributed by atoms with Crippen LogP contribution in [-0.4, -0.2) is 87.5 Å². The molecule has 0 aromatic heterocycles. The molecule has 1 fully saturated rings. The minimum atomic E-state index is -1.58. The standard InChI is InChI=1S/C64H107NO8/c1-3-5-7-9-11-13-15-16-17-18-19-20-21-22-23-24-25-26-27-28-29-30-31-32-33-34-35-36-37-38-39-40-41-42-44-46-48-50-52-54-60(68)65-57(56-72-64-63(71)62(70)61(69)59(55-66)73-64)58(67)53-51-49-47-45-43-14-12-10-8-6-4-2/h5,7,11,13,16-17,19-20,22-23,25-26,28-29,31-32,43,45,51,53,57-59,61-64,66-67,69-71H,3-4,6,8-10,12,14-15,18,21,24,27,30,33-42,44,46-50,52,54-56H2,1-2H3,(H,65,68)/b7-5-,13-11-,17-16-,20-19-,23-22-,26-25-,29-28-,32-31-,45-43+,53-51+. The smallest absolute Gasteiger partial charge is 0.220 e. The number of carbonyl (C=O) groups is 1. The van der Waals surface area contributed by atoms with Gasteiger partial charge in [0.15, 0.2) is 6.29 Å². The van der Waals surface area contributed by atoms with Gasteiger partial charge in [0.05, 0.1) is 25.4 Å². The van der Waals surface area contributed by atoms with Crippen molar-refractivity contribution in [3.05, 3.63) is 122 Å². The Morgan fingerprint density at radius 2 is 0.863 bits per heavy atom. The van der Waals surface area contributed by atoms with Crippen LogP contribution in [0.5, 0.6) is 0 Å². The lowest BCUT2D eigenvalue weighted by Gasteiger charge is -2.40. The van der Waals surface area contributed by atoms with E-state index in [4.69, 9.17) is 9.47 Å². The summed E-state index contributed by atoms with van der Waals surface area (Å²) in [5.74, 6) is -0.194. The van der Waals surface area contributed by atoms with E-state index in [-0.39, 0.29) is 12.5 Å². The summed E-state index contributed by atoms with van der Waals surface area (Å²) in [7, 11) is 0. The Morgan fingerprint density at radius 1 is 0.479 bits per heavy atom. The van der Waals surface area contributed by atoms with E-state index in [9.17, 15) is 30.3 Å². The molecule has 1 saturated heterocycles. The normalized spacial score (nSPS) is 20.0. The van der Waals surface area contributed by atoms with E-state index in [1.807, 2.05) is 6.08 Å². The van der Waals surface area contributed by atoms with Gasteiger partial charge in [-0.1, -0.05) is 238 Å². The van der Waals surface area contributed by atoms with Crippen molar-refractivity contribution in [2.24, 2.45) is 0 Å². The van der Waals surface area contributed by atoms with E-state index in [1.165, 1.54) is 109 Å². The van der Waals surface area contributed by atoms with Crippen LogP contribution in [0.3, 0.4) is 0 Å². The van der Waals surface area contributed by atoms with Gasteiger partial charge in [0, 0.05) is 6.42 Å². The lowest BCUT2D eigenvalue weighted by Crippen LogP contribution is -2.60. The van der Waals surface area contributed by atoms with Crippen LogP contribution < -0.4 is 5.32 Å². The molecule has 0 aliphatic carbocycles. The summed E-state index contributed by atoms with van der Waals surface area (Å²) in [6.45, 7) is 3.60. The average molecular weight is 1020 g/mol. The molecule has 0 spiro atoms. The second-order valence-corrected chi connectivity index (χ2v) is 19.7. The van der Waals surface area contributed by atoms with Crippen molar-refractivity contribution >= 4 is 5.91 Å². The number of carbonyl (C=O) groups excluding carboxylic acids is 1. The van der Waals surface area contributed by atoms with Gasteiger partial charge < -0.3 is 40.3 Å². The maximum atomic E-state index is 13.0. The quantitative estimate of drug-likeness (QED) is 0.0261. The number of hydrogen-bond donors (Lipinski definition) is 6. The highest BCUT2D eigenvalue weighted by atomic mass is 16.7. The zero-order valence-electron chi connectivity index (χ0n) is 46.1. The highest BCUT2D eigenvalue weighted by Crippen LogP contribution is 2.23. The van der Waals surface area contributed by atoms with Gasteiger partial charge in [0.2, 0.25) is 5.91 Å². The molecule has 1 rings (SSSR count). The van der Waals surface area contributed by atoms with Crippen LogP contribution in [0.1, 0.15) is 219 Å². The van der Waals surface area contributed by atoms with E-state index in [0.717, 1.165) is 89.9 Å². The second kappa shape index (κ2) is 52.0. The van der Waals surface area contributed by atoms with E-state index in [1.54, 1.807) is 6.08 Å². The first-order chi connectivity index (χ1) is 35.8. The number of hydrogen-bond acceptors (Lipinski definition) is 8. The lowest BCUT2D eigenvalue weighted by atomic mass is 9.99. The molecule has 0 radical (unpaired) electrons. The van der Waals surface area contributed by atoms with E-state index >= 15 is 0 Å². The van der Waals surface area contributed by atoms with E-state index in [0.29, 0.717) is 6.42 Å². The molecule has 1 aliphatic rings. The van der Waals surface area contributed by atoms with Crippen molar-refractivity contribution in [2.75, 3.05) is 13.2 Å². The number of nitrogens with one attached hydrogen (secondary N) is 1. The molecule has 7 atom stereocenters. The molecule has 1 aliphatic heterocycles. The second-order valence-electron chi connectivity index (χ2n) is 19.7. The highest BCUT2D eigenvalue weighted by molar-refractivity contribution is 5.76. The molecule has 9 nitrogen and oxygen atoms in total. The van der Waals surface area contributed by atoms with E-state index in [2.05, 4.69) is 129 Å². The predicted molar refractivity (Wildman–Crippen MR) is 308 cm³/mol. The summed E-state index contributed by atoms with van der Waals surface area (Å²) in [4.78, 5) is 13.0. The van der Waals surface area contributed by atoms with Gasteiger partial charge >= 0.3 is 0 Å². The summed E-state index contributed by atoms with van der Waals surface area (Å²) in [5, 5.41) is 54.3. The number of rotatable bonds is 48. The Bertz CT molecular complexity index is 1560. The molecular weight excluding hydrogens is 911 g/mol. The number of ether oxygens (including phenoxy) is 2. The van der Waals surface area contributed by atoms with Crippen molar-refractivity contribution in [1.82, 2.24) is 5.32 Å². The van der Waals surface area contributed by atoms with Gasteiger partial charge in [-0.2, -0.15) is 0 Å². The van der Waals surface area contributed by atoms with Crippen LogP contribution in [0.4, 0.5) is 0 Å². The van der Waals surface area contributed by atoms with Gasteiger partial charge in [0.25, 0.3) is 0 Å². The van der Waals surface area contributed by atoms with Crippen LogP contribution in [0.2, 0.25) is 0 Å². The number of unbranched alkanes of at least 4 members (excludes halogenated alkanes) is 20. The van der Waals surface area contributed by atoms with Crippen molar-refractivity contribution < 1.29 is 39.8 Å². The number of allylic oxidation sites excluding steroid dienone is 19. The van der Waals surface area contributed by atoms with E-state index < -0.39 is 49.5 Å². The number of aliphatic hydroxyl groups excluding tert-OH is 5. The van der Waals surface area contributed by atoms with Gasteiger partial charge in [0.1, 0.15) is 24.4 Å². The summed E-state index contributed by atoms with van der Waals surface area (Å²) in [5.41, 5.74) is 0. The van der Waals surface area contributed by atoms with Crippen LogP contribution >= 0.6 is 0 Å². The maximum Gasteiger partial charge on any atom is 0.220 e. The molecule has 0 bridgehead atoms. The van der Waals surface area contributed by atoms with Gasteiger partial charge in [-0.05, 0) is 96.3 Å². The first-order valence-corrected chi connectivity index (χ1v) is 29.3. The third-order valence-corrected chi connectivity index (χ3v) is 13.0. The van der Waals surface area contributed by atoms with Gasteiger partial charge in [-0.15, -0.1) is 0 Å². The van der Waals surface area contributed by atoms with Crippen LogP contribution in [0.25, 0.3) is 0 Å². The molecule has 0 aromatic carbocycles. The Balaban J connectivity index is 2.10. The zero-order valence-corrected chi connectivity index (χ0v) is 46.1. The monoisotopic (exact) mass is 1020 g/mol. The maximum absolute atomic E-state index is 13.0. The molecule has 7 unspecified atom stereocenters. The SMILES string of the molecule is CC/C=C\C/C=C\C/C=C\C/C=C\C/C=C\C/C=C\C/C=C\C/C=C\CCCCCCCCCCCCCCCCC(=O)NC(COC1OC(CO)C(O)C(O)C1O)C(O)/C=C/CC/C=C/CCCCCCC. The molecule has 1 amide bonds. The molecule has 416 valence electrons. The minimum absolute atomic E-state index is 0.194. The number of aliphatic hydroxyl groups is 5.